The van der Waals surface area contributed by atoms with Gasteiger partial charge in [0.15, 0.2) is 16.7 Å². The molecule has 0 saturated carbocycles. The molecule has 1 heterocycles. The molecule has 192 valence electrons. The Labute approximate surface area is 224 Å². The Bertz CT molecular complexity index is 1320. The smallest absolute Gasteiger partial charge is 0.238 e. The zero-order valence-corrected chi connectivity index (χ0v) is 22.1. The maximum atomic E-state index is 13.4. The van der Waals surface area contributed by atoms with Gasteiger partial charge in [-0.05, 0) is 60.2 Å². The predicted octanol–water partition coefficient (Wildman–Crippen LogP) is 5.53. The minimum absolute atomic E-state index is 0.0198. The van der Waals surface area contributed by atoms with Gasteiger partial charge in [-0.2, -0.15) is 0 Å². The van der Waals surface area contributed by atoms with Crippen LogP contribution in [0.5, 0.6) is 17.2 Å². The summed E-state index contributed by atoms with van der Waals surface area (Å²) < 4.78 is 16.0. The largest absolute Gasteiger partial charge is 0.497 e. The van der Waals surface area contributed by atoms with Gasteiger partial charge in [-0.25, -0.2) is 4.99 Å². The molecule has 10 heteroatoms. The normalized spacial score (nSPS) is 16.4. The van der Waals surface area contributed by atoms with E-state index in [2.05, 4.69) is 5.32 Å². The first-order valence-corrected chi connectivity index (χ1v) is 12.6. The van der Waals surface area contributed by atoms with E-state index in [4.69, 9.17) is 30.8 Å². The van der Waals surface area contributed by atoms with E-state index >= 15 is 0 Å². The second-order valence-electron chi connectivity index (χ2n) is 8.07. The molecule has 1 atom stereocenters. The number of hydrogen-bond acceptors (Lipinski definition) is 7. The number of nitrogens with one attached hydrogen (secondary N) is 1. The maximum Gasteiger partial charge on any atom is 0.238 e. The third-order valence-corrected chi connectivity index (χ3v) is 7.03. The lowest BCUT2D eigenvalue weighted by molar-refractivity contribution is -0.129. The lowest BCUT2D eigenvalue weighted by Crippen LogP contribution is -2.44. The molecule has 0 radical (unpaired) electrons. The van der Waals surface area contributed by atoms with Crippen LogP contribution in [-0.4, -0.2) is 48.5 Å². The van der Waals surface area contributed by atoms with Crippen molar-refractivity contribution < 1.29 is 23.8 Å². The molecule has 0 unspecified atom stereocenters. The lowest BCUT2D eigenvalue weighted by Gasteiger charge is -2.32. The van der Waals surface area contributed by atoms with E-state index in [9.17, 15) is 9.59 Å². The van der Waals surface area contributed by atoms with E-state index in [1.54, 1.807) is 80.8 Å². The standard InChI is InChI=1S/C27H26ClN3O5S/c1-34-21-10-8-19(9-11-21)30-27-31(16-17-7-12-22(35-2)23(13-17)36-3)25(32)15-24(37-27)26(33)29-20-6-4-5-18(28)14-20/h4-14,24H,15-16H2,1-3H3,(H,29,33)/t24-/m1/s1. The summed E-state index contributed by atoms with van der Waals surface area (Å²) in [7, 11) is 4.71. The van der Waals surface area contributed by atoms with Crippen molar-refractivity contribution in [2.24, 2.45) is 4.99 Å². The SMILES string of the molecule is COc1ccc(N=C2S[C@@H](C(=O)Nc3cccc(Cl)c3)CC(=O)N2Cc2ccc(OC)c(OC)c2)cc1. The Morgan fingerprint density at radius 1 is 1.03 bits per heavy atom. The van der Waals surface area contributed by atoms with Crippen molar-refractivity contribution >= 4 is 51.7 Å². The van der Waals surface area contributed by atoms with Crippen LogP contribution >= 0.6 is 23.4 Å². The summed E-state index contributed by atoms with van der Waals surface area (Å²) in [6.07, 6.45) is 0.0198. The van der Waals surface area contributed by atoms with E-state index in [-0.39, 0.29) is 24.8 Å². The fraction of sp³-hybridized carbons (Fsp3) is 0.222. The Balaban J connectivity index is 1.62. The van der Waals surface area contributed by atoms with E-state index in [1.807, 2.05) is 12.1 Å². The fourth-order valence-corrected chi connectivity index (χ4v) is 5.00. The molecule has 0 aliphatic carbocycles. The van der Waals surface area contributed by atoms with Gasteiger partial charge in [-0.15, -0.1) is 0 Å². The zero-order chi connectivity index (χ0) is 26.4. The van der Waals surface area contributed by atoms with Crippen LogP contribution in [0.15, 0.2) is 71.7 Å². The highest BCUT2D eigenvalue weighted by Crippen LogP contribution is 2.33. The molecule has 1 fully saturated rings. The summed E-state index contributed by atoms with van der Waals surface area (Å²) in [6, 6.07) is 19.5. The van der Waals surface area contributed by atoms with Crippen molar-refractivity contribution in [2.75, 3.05) is 26.6 Å². The van der Waals surface area contributed by atoms with Crippen molar-refractivity contribution in [3.63, 3.8) is 0 Å². The number of benzene rings is 3. The number of amides is 2. The van der Waals surface area contributed by atoms with Gasteiger partial charge in [-0.1, -0.05) is 35.5 Å². The fourth-order valence-electron chi connectivity index (χ4n) is 3.71. The van der Waals surface area contributed by atoms with Gasteiger partial charge in [0, 0.05) is 17.1 Å². The van der Waals surface area contributed by atoms with Gasteiger partial charge in [0.2, 0.25) is 11.8 Å². The molecule has 8 nitrogen and oxygen atoms in total. The summed E-state index contributed by atoms with van der Waals surface area (Å²) in [5.74, 6) is 1.33. The molecule has 3 aromatic rings. The van der Waals surface area contributed by atoms with E-state index < -0.39 is 5.25 Å². The Morgan fingerprint density at radius 2 is 1.78 bits per heavy atom. The van der Waals surface area contributed by atoms with Gasteiger partial charge < -0.3 is 19.5 Å². The number of methoxy groups -OCH3 is 3. The van der Waals surface area contributed by atoms with Gasteiger partial charge in [0.1, 0.15) is 11.0 Å². The van der Waals surface area contributed by atoms with Crippen LogP contribution in [0.25, 0.3) is 0 Å². The van der Waals surface area contributed by atoms with Gasteiger partial charge >= 0.3 is 0 Å². The highest BCUT2D eigenvalue weighted by molar-refractivity contribution is 8.15. The van der Waals surface area contributed by atoms with E-state index in [0.29, 0.717) is 38.8 Å². The van der Waals surface area contributed by atoms with Crippen molar-refractivity contribution in [3.05, 3.63) is 77.3 Å². The topological polar surface area (TPSA) is 89.5 Å². The third kappa shape index (κ3) is 6.55. The number of nitrogens with zero attached hydrogens (tertiary/aromatic N) is 2. The summed E-state index contributed by atoms with van der Waals surface area (Å²) in [6.45, 7) is 0.254. The summed E-state index contributed by atoms with van der Waals surface area (Å²) in [5, 5.41) is 3.11. The number of rotatable bonds is 8. The molecule has 37 heavy (non-hydrogen) atoms. The predicted molar refractivity (Wildman–Crippen MR) is 146 cm³/mol. The zero-order valence-electron chi connectivity index (χ0n) is 20.6. The van der Waals surface area contributed by atoms with E-state index in [1.165, 1.54) is 11.8 Å². The van der Waals surface area contributed by atoms with Crippen molar-refractivity contribution in [2.45, 2.75) is 18.2 Å². The van der Waals surface area contributed by atoms with Gasteiger partial charge in [0.05, 0.1) is 33.6 Å². The molecule has 3 aromatic carbocycles. The first kappa shape index (κ1) is 26.4. The van der Waals surface area contributed by atoms with Crippen molar-refractivity contribution in [1.82, 2.24) is 4.90 Å². The number of ether oxygens (including phenoxy) is 3. The molecule has 4 rings (SSSR count). The Hall–Kier alpha value is -3.69. The van der Waals surface area contributed by atoms with Crippen molar-refractivity contribution in [3.8, 4) is 17.2 Å². The summed E-state index contributed by atoms with van der Waals surface area (Å²) in [5.41, 5.74) is 2.02. The Morgan fingerprint density at radius 3 is 2.46 bits per heavy atom. The molecule has 0 bridgehead atoms. The number of halogens is 1. The highest BCUT2D eigenvalue weighted by atomic mass is 35.5. The average molecular weight is 540 g/mol. The second kappa shape index (κ2) is 12.0. The maximum absolute atomic E-state index is 13.4. The van der Waals surface area contributed by atoms with Gasteiger partial charge in [-0.3, -0.25) is 14.5 Å². The summed E-state index contributed by atoms with van der Waals surface area (Å²) in [4.78, 5) is 32.7. The first-order valence-electron chi connectivity index (χ1n) is 11.4. The number of anilines is 1. The van der Waals surface area contributed by atoms with Crippen LogP contribution in [0.1, 0.15) is 12.0 Å². The second-order valence-corrected chi connectivity index (χ2v) is 9.68. The number of amidine groups is 1. The lowest BCUT2D eigenvalue weighted by atomic mass is 10.1. The minimum Gasteiger partial charge on any atom is -0.497 e. The van der Waals surface area contributed by atoms with Crippen LogP contribution in [0.3, 0.4) is 0 Å². The Kier molecular flexibility index (Phi) is 8.58. The quantitative estimate of drug-likeness (QED) is 0.405. The molecule has 1 aliphatic heterocycles. The van der Waals surface area contributed by atoms with E-state index in [0.717, 1.165) is 5.56 Å². The van der Waals surface area contributed by atoms with Crippen LogP contribution in [0.2, 0.25) is 5.02 Å². The summed E-state index contributed by atoms with van der Waals surface area (Å²) >= 11 is 7.29. The number of carbonyl (C=O) groups excluding carboxylic acids is 2. The number of hydrogen-bond donors (Lipinski definition) is 1. The molecule has 2 amide bonds. The molecule has 1 N–H and O–H groups in total. The molecule has 1 aliphatic rings. The average Bonchev–Trinajstić information content (AvgIpc) is 2.90. The highest BCUT2D eigenvalue weighted by Gasteiger charge is 2.36. The van der Waals surface area contributed by atoms with Crippen LogP contribution in [0, 0.1) is 0 Å². The third-order valence-electron chi connectivity index (χ3n) is 5.61. The van der Waals surface area contributed by atoms with Crippen LogP contribution in [0.4, 0.5) is 11.4 Å². The number of carbonyl (C=O) groups is 2. The van der Waals surface area contributed by atoms with Crippen LogP contribution in [-0.2, 0) is 16.1 Å². The molecular formula is C27H26ClN3O5S. The molecule has 1 saturated heterocycles. The van der Waals surface area contributed by atoms with Crippen LogP contribution < -0.4 is 19.5 Å². The minimum atomic E-state index is -0.662. The number of aliphatic imine (C=N–C) groups is 1. The monoisotopic (exact) mass is 539 g/mol. The molecule has 0 spiro atoms. The number of thioether (sulfide) groups is 1. The first-order chi connectivity index (χ1) is 17.9. The van der Waals surface area contributed by atoms with Crippen molar-refractivity contribution in [1.29, 1.82) is 0 Å². The molecule has 0 aromatic heterocycles. The van der Waals surface area contributed by atoms with Gasteiger partial charge in [0.25, 0.3) is 0 Å². The molecular weight excluding hydrogens is 514 g/mol.